The van der Waals surface area contributed by atoms with Crippen molar-refractivity contribution in [2.75, 3.05) is 7.11 Å². The average Bonchev–Trinajstić information content (AvgIpc) is 3.02. The first-order chi connectivity index (χ1) is 12.2. The average molecular weight is 359 g/mol. The van der Waals surface area contributed by atoms with E-state index in [1.165, 1.54) is 21.9 Å². The molecule has 3 rings (SSSR count). The molecule has 2 heterocycles. The lowest BCUT2D eigenvalue weighted by Gasteiger charge is -2.04. The van der Waals surface area contributed by atoms with E-state index in [4.69, 9.17) is 9.47 Å². The predicted octanol–water partition coefficient (Wildman–Crippen LogP) is 1.97. The Morgan fingerprint density at radius 2 is 2.04 bits per heavy atom. The number of carbonyl (C=O) groups is 1. The molecule has 3 aromatic rings. The number of aryl methyl sites for hydroxylation is 1. The third-order valence-corrected chi connectivity index (χ3v) is 4.33. The van der Waals surface area contributed by atoms with Gasteiger partial charge >= 0.3 is 5.97 Å². The standard InChI is InChI=1S/C17H17N3O4S/c1-23-11-14-19-20-15(21)9-13(18-17(20)25-14)10-24-16(22)8-7-12-5-3-2-4-6-12/h2-6,9H,7-8,10-11H2,1H3. The van der Waals surface area contributed by atoms with E-state index in [-0.39, 0.29) is 24.6 Å². The van der Waals surface area contributed by atoms with E-state index in [9.17, 15) is 9.59 Å². The van der Waals surface area contributed by atoms with Crippen molar-refractivity contribution in [3.05, 3.63) is 63.0 Å². The Labute approximate surface area is 147 Å². The number of rotatable bonds is 7. The Hall–Kier alpha value is -2.58. The van der Waals surface area contributed by atoms with Crippen molar-refractivity contribution in [3.8, 4) is 0 Å². The van der Waals surface area contributed by atoms with Gasteiger partial charge in [0.25, 0.3) is 5.56 Å². The van der Waals surface area contributed by atoms with Crippen LogP contribution in [0, 0.1) is 0 Å². The molecule has 0 fully saturated rings. The summed E-state index contributed by atoms with van der Waals surface area (Å²) >= 11 is 1.27. The van der Waals surface area contributed by atoms with Gasteiger partial charge in [0, 0.05) is 19.6 Å². The summed E-state index contributed by atoms with van der Waals surface area (Å²) in [7, 11) is 1.56. The van der Waals surface area contributed by atoms with Crippen LogP contribution >= 0.6 is 11.3 Å². The van der Waals surface area contributed by atoms with Gasteiger partial charge < -0.3 is 9.47 Å². The van der Waals surface area contributed by atoms with E-state index in [0.717, 1.165) is 5.56 Å². The smallest absolute Gasteiger partial charge is 0.306 e. The first-order valence-electron chi connectivity index (χ1n) is 7.73. The second kappa shape index (κ2) is 8.00. The Morgan fingerprint density at radius 3 is 2.80 bits per heavy atom. The van der Waals surface area contributed by atoms with Crippen LogP contribution in [-0.4, -0.2) is 27.7 Å². The molecule has 1 aromatic carbocycles. The van der Waals surface area contributed by atoms with Crippen molar-refractivity contribution in [2.24, 2.45) is 0 Å². The van der Waals surface area contributed by atoms with Gasteiger partial charge in [-0.3, -0.25) is 9.59 Å². The van der Waals surface area contributed by atoms with Crippen molar-refractivity contribution >= 4 is 22.3 Å². The Balaban J connectivity index is 1.60. The molecular weight excluding hydrogens is 342 g/mol. The van der Waals surface area contributed by atoms with Gasteiger partial charge in [0.15, 0.2) is 0 Å². The molecule has 2 aromatic heterocycles. The van der Waals surface area contributed by atoms with E-state index in [0.29, 0.717) is 28.7 Å². The lowest BCUT2D eigenvalue weighted by Crippen LogP contribution is -2.16. The molecular formula is C17H17N3O4S. The zero-order valence-corrected chi connectivity index (χ0v) is 14.5. The highest BCUT2D eigenvalue weighted by Gasteiger charge is 2.11. The van der Waals surface area contributed by atoms with Crippen LogP contribution in [0.4, 0.5) is 0 Å². The van der Waals surface area contributed by atoms with Crippen LogP contribution in [0.25, 0.3) is 4.96 Å². The summed E-state index contributed by atoms with van der Waals surface area (Å²) in [5, 5.41) is 4.79. The van der Waals surface area contributed by atoms with Gasteiger partial charge in [0.1, 0.15) is 11.6 Å². The molecule has 0 aliphatic rings. The first-order valence-corrected chi connectivity index (χ1v) is 8.54. The molecule has 0 saturated heterocycles. The molecule has 8 heteroatoms. The summed E-state index contributed by atoms with van der Waals surface area (Å²) in [6, 6.07) is 11.0. The number of carbonyl (C=O) groups excluding carboxylic acids is 1. The third kappa shape index (κ3) is 4.49. The number of hydrogen-bond acceptors (Lipinski definition) is 7. The van der Waals surface area contributed by atoms with Crippen molar-refractivity contribution < 1.29 is 14.3 Å². The van der Waals surface area contributed by atoms with Crippen LogP contribution in [0.3, 0.4) is 0 Å². The second-order valence-corrected chi connectivity index (χ2v) is 6.40. The number of hydrogen-bond donors (Lipinski definition) is 0. The summed E-state index contributed by atoms with van der Waals surface area (Å²) < 4.78 is 11.4. The number of fused-ring (bicyclic) bond motifs is 1. The SMILES string of the molecule is COCc1nn2c(=O)cc(COC(=O)CCc3ccccc3)nc2s1. The predicted molar refractivity (Wildman–Crippen MR) is 92.4 cm³/mol. The van der Waals surface area contributed by atoms with Crippen molar-refractivity contribution in [3.63, 3.8) is 0 Å². The fraction of sp³-hybridized carbons (Fsp3) is 0.294. The number of methoxy groups -OCH3 is 1. The largest absolute Gasteiger partial charge is 0.459 e. The van der Waals surface area contributed by atoms with Gasteiger partial charge in [-0.25, -0.2) is 4.98 Å². The van der Waals surface area contributed by atoms with E-state index in [2.05, 4.69) is 10.1 Å². The molecule has 0 amide bonds. The summed E-state index contributed by atoms with van der Waals surface area (Å²) in [5.74, 6) is -0.324. The van der Waals surface area contributed by atoms with Gasteiger partial charge in [0.05, 0.1) is 12.3 Å². The van der Waals surface area contributed by atoms with Gasteiger partial charge in [-0.05, 0) is 12.0 Å². The highest BCUT2D eigenvalue weighted by Crippen LogP contribution is 2.12. The zero-order chi connectivity index (χ0) is 17.6. The van der Waals surface area contributed by atoms with Crippen LogP contribution in [0.1, 0.15) is 22.7 Å². The Morgan fingerprint density at radius 1 is 1.24 bits per heavy atom. The number of nitrogens with zero attached hydrogens (tertiary/aromatic N) is 3. The van der Waals surface area contributed by atoms with Gasteiger partial charge in [-0.2, -0.15) is 9.61 Å². The Kier molecular flexibility index (Phi) is 5.52. The van der Waals surface area contributed by atoms with E-state index in [1.807, 2.05) is 30.3 Å². The minimum Gasteiger partial charge on any atom is -0.459 e. The maximum atomic E-state index is 12.1. The quantitative estimate of drug-likeness (QED) is 0.600. The highest BCUT2D eigenvalue weighted by atomic mass is 32.1. The van der Waals surface area contributed by atoms with Crippen LogP contribution in [0.15, 0.2) is 41.2 Å². The van der Waals surface area contributed by atoms with Crippen LogP contribution in [0.5, 0.6) is 0 Å². The maximum absolute atomic E-state index is 12.1. The summed E-state index contributed by atoms with van der Waals surface area (Å²) in [5.41, 5.74) is 1.18. The van der Waals surface area contributed by atoms with E-state index in [1.54, 1.807) is 7.11 Å². The van der Waals surface area contributed by atoms with Crippen LogP contribution in [0.2, 0.25) is 0 Å². The maximum Gasteiger partial charge on any atom is 0.306 e. The molecule has 0 saturated carbocycles. The highest BCUT2D eigenvalue weighted by molar-refractivity contribution is 7.16. The van der Waals surface area contributed by atoms with Gasteiger partial charge in [0.2, 0.25) is 4.96 Å². The van der Waals surface area contributed by atoms with Crippen LogP contribution < -0.4 is 5.56 Å². The van der Waals surface area contributed by atoms with Gasteiger partial charge in [-0.15, -0.1) is 0 Å². The van der Waals surface area contributed by atoms with E-state index >= 15 is 0 Å². The molecule has 0 aliphatic heterocycles. The monoisotopic (exact) mass is 359 g/mol. The second-order valence-electron chi connectivity index (χ2n) is 5.36. The van der Waals surface area contributed by atoms with Crippen molar-refractivity contribution in [1.82, 2.24) is 14.6 Å². The topological polar surface area (TPSA) is 82.8 Å². The summed E-state index contributed by atoms with van der Waals surface area (Å²) in [6.45, 7) is 0.286. The number of ether oxygens (including phenoxy) is 2. The number of aromatic nitrogens is 3. The first kappa shape index (κ1) is 17.2. The molecule has 0 atom stereocenters. The van der Waals surface area contributed by atoms with E-state index < -0.39 is 0 Å². The zero-order valence-electron chi connectivity index (χ0n) is 13.7. The van der Waals surface area contributed by atoms with Gasteiger partial charge in [-0.1, -0.05) is 41.7 Å². The Bertz CT molecular complexity index is 921. The third-order valence-electron chi connectivity index (χ3n) is 3.45. The molecule has 0 unspecified atom stereocenters. The fourth-order valence-corrected chi connectivity index (χ4v) is 3.16. The molecule has 130 valence electrons. The molecule has 7 nitrogen and oxygen atoms in total. The molecule has 0 radical (unpaired) electrons. The van der Waals surface area contributed by atoms with Crippen molar-refractivity contribution in [1.29, 1.82) is 0 Å². The minimum atomic E-state index is -0.324. The van der Waals surface area contributed by atoms with Crippen LogP contribution in [-0.2, 0) is 33.9 Å². The minimum absolute atomic E-state index is 0.0309. The van der Waals surface area contributed by atoms with Crippen molar-refractivity contribution in [2.45, 2.75) is 26.1 Å². The molecule has 0 N–H and O–H groups in total. The summed E-state index contributed by atoms with van der Waals surface area (Å²) in [6.07, 6.45) is 0.897. The molecule has 25 heavy (non-hydrogen) atoms. The number of esters is 1. The molecule has 0 bridgehead atoms. The molecule has 0 aliphatic carbocycles. The molecule has 0 spiro atoms. The lowest BCUT2D eigenvalue weighted by atomic mass is 10.1. The summed E-state index contributed by atoms with van der Waals surface area (Å²) in [4.78, 5) is 28.7. The lowest BCUT2D eigenvalue weighted by molar-refractivity contribution is -0.145. The number of benzene rings is 1. The fourth-order valence-electron chi connectivity index (χ4n) is 2.27. The normalized spacial score (nSPS) is 10.9.